The normalized spacial score (nSPS) is 18.1. The van der Waals surface area contributed by atoms with Gasteiger partial charge in [0.15, 0.2) is 0 Å². The summed E-state index contributed by atoms with van der Waals surface area (Å²) in [6, 6.07) is 5.00. The lowest BCUT2D eigenvalue weighted by Crippen LogP contribution is -2.57. The Kier molecular flexibility index (Phi) is 9.34. The lowest BCUT2D eigenvalue weighted by atomic mass is 10.0. The molecule has 0 aliphatic carbocycles. The van der Waals surface area contributed by atoms with E-state index in [1.165, 1.54) is 11.8 Å². The van der Waals surface area contributed by atoms with Gasteiger partial charge in [0, 0.05) is 19.4 Å². The van der Waals surface area contributed by atoms with Gasteiger partial charge in [-0.2, -0.15) is 0 Å². The fourth-order valence-electron chi connectivity index (χ4n) is 3.64. The third-order valence-electron chi connectivity index (χ3n) is 5.50. The van der Waals surface area contributed by atoms with Crippen LogP contribution < -0.4 is 22.1 Å². The average molecular weight is 462 g/mol. The first kappa shape index (κ1) is 25.8. The summed E-state index contributed by atoms with van der Waals surface area (Å²) < 4.78 is 0. The standard InChI is InChI=1S/C22H31N5O6/c1-13(22(32)33)25-19(29)16(12-14-6-3-2-4-7-14)26-20(30)17-8-5-11-27(17)21(31)15(23)9-10-18(24)28/h2-4,6-7,13,15-17H,5,8-12,23H2,1H3,(H2,24,28)(H,25,29)(H,26,30)(H,32,33). The molecule has 0 bridgehead atoms. The number of likely N-dealkylation sites (tertiary alicyclic amines) is 1. The van der Waals surface area contributed by atoms with Gasteiger partial charge < -0.3 is 32.1 Å². The first-order chi connectivity index (χ1) is 15.6. The molecule has 4 atom stereocenters. The van der Waals surface area contributed by atoms with Crippen molar-refractivity contribution in [1.82, 2.24) is 15.5 Å². The highest BCUT2D eigenvalue weighted by atomic mass is 16.4. The lowest BCUT2D eigenvalue weighted by Gasteiger charge is -2.28. The molecular weight excluding hydrogens is 430 g/mol. The number of amides is 4. The summed E-state index contributed by atoms with van der Waals surface area (Å²) in [7, 11) is 0. The molecule has 11 nitrogen and oxygen atoms in total. The zero-order chi connectivity index (χ0) is 24.5. The Bertz CT molecular complexity index is 877. The average Bonchev–Trinajstić information content (AvgIpc) is 3.27. The monoisotopic (exact) mass is 461 g/mol. The Balaban J connectivity index is 2.12. The minimum absolute atomic E-state index is 0.0430. The van der Waals surface area contributed by atoms with Crippen LogP contribution in [0.4, 0.5) is 0 Å². The fraction of sp³-hybridized carbons (Fsp3) is 0.500. The number of benzene rings is 1. The zero-order valence-electron chi connectivity index (χ0n) is 18.5. The Morgan fingerprint density at radius 2 is 1.82 bits per heavy atom. The van der Waals surface area contributed by atoms with Gasteiger partial charge in [-0.05, 0) is 31.7 Å². The number of primary amides is 1. The summed E-state index contributed by atoms with van der Waals surface area (Å²) >= 11 is 0. The van der Waals surface area contributed by atoms with E-state index < -0.39 is 53.8 Å². The maximum absolute atomic E-state index is 13.1. The quantitative estimate of drug-likeness (QED) is 0.276. The molecule has 1 aliphatic rings. The van der Waals surface area contributed by atoms with Crippen molar-refractivity contribution in [3.05, 3.63) is 35.9 Å². The van der Waals surface area contributed by atoms with E-state index in [1.807, 2.05) is 6.07 Å². The highest BCUT2D eigenvalue weighted by Gasteiger charge is 2.37. The number of carbonyl (C=O) groups excluding carboxylic acids is 4. The van der Waals surface area contributed by atoms with Crippen molar-refractivity contribution in [2.45, 2.75) is 63.2 Å². The van der Waals surface area contributed by atoms with E-state index in [4.69, 9.17) is 16.6 Å². The molecule has 0 saturated carbocycles. The Labute approximate surface area is 191 Å². The van der Waals surface area contributed by atoms with Crippen LogP contribution in [0.3, 0.4) is 0 Å². The van der Waals surface area contributed by atoms with E-state index in [1.54, 1.807) is 24.3 Å². The minimum Gasteiger partial charge on any atom is -0.480 e. The molecule has 1 aromatic rings. The fourth-order valence-corrected chi connectivity index (χ4v) is 3.64. The van der Waals surface area contributed by atoms with Gasteiger partial charge in [0.25, 0.3) is 0 Å². The summed E-state index contributed by atoms with van der Waals surface area (Å²) in [4.78, 5) is 62.0. The number of nitrogens with two attached hydrogens (primary N) is 2. The number of carbonyl (C=O) groups is 5. The van der Waals surface area contributed by atoms with Crippen molar-refractivity contribution in [2.24, 2.45) is 11.5 Å². The molecule has 7 N–H and O–H groups in total. The van der Waals surface area contributed by atoms with E-state index in [0.29, 0.717) is 19.4 Å². The molecule has 33 heavy (non-hydrogen) atoms. The van der Waals surface area contributed by atoms with Gasteiger partial charge in [-0.15, -0.1) is 0 Å². The SMILES string of the molecule is CC(NC(=O)C(Cc1ccccc1)NC(=O)C1CCCN1C(=O)C(N)CCC(N)=O)C(=O)O. The molecule has 0 radical (unpaired) electrons. The van der Waals surface area contributed by atoms with Crippen molar-refractivity contribution in [2.75, 3.05) is 6.54 Å². The number of nitrogens with zero attached hydrogens (tertiary/aromatic N) is 1. The molecule has 4 unspecified atom stereocenters. The third kappa shape index (κ3) is 7.56. The second-order valence-electron chi connectivity index (χ2n) is 8.12. The molecule has 1 heterocycles. The molecular formula is C22H31N5O6. The summed E-state index contributed by atoms with van der Waals surface area (Å²) in [5, 5.41) is 14.1. The number of carboxylic acid groups (broad SMARTS) is 1. The van der Waals surface area contributed by atoms with Gasteiger partial charge in [0.2, 0.25) is 23.6 Å². The number of aliphatic carboxylic acids is 1. The Hall–Kier alpha value is -3.47. The van der Waals surface area contributed by atoms with Crippen molar-refractivity contribution >= 4 is 29.6 Å². The van der Waals surface area contributed by atoms with Crippen molar-refractivity contribution < 1.29 is 29.1 Å². The second-order valence-corrected chi connectivity index (χ2v) is 8.12. The van der Waals surface area contributed by atoms with Crippen molar-refractivity contribution in [3.63, 3.8) is 0 Å². The van der Waals surface area contributed by atoms with Crippen LogP contribution >= 0.6 is 0 Å². The van der Waals surface area contributed by atoms with E-state index >= 15 is 0 Å². The zero-order valence-corrected chi connectivity index (χ0v) is 18.5. The van der Waals surface area contributed by atoms with Crippen molar-refractivity contribution in [3.8, 4) is 0 Å². The van der Waals surface area contributed by atoms with Crippen LogP contribution in [0.5, 0.6) is 0 Å². The van der Waals surface area contributed by atoms with Gasteiger partial charge >= 0.3 is 5.97 Å². The number of hydrogen-bond acceptors (Lipinski definition) is 6. The Morgan fingerprint density at radius 3 is 2.42 bits per heavy atom. The van der Waals surface area contributed by atoms with Gasteiger partial charge in [0.05, 0.1) is 6.04 Å². The topological polar surface area (TPSA) is 185 Å². The molecule has 1 saturated heterocycles. The van der Waals surface area contributed by atoms with Gasteiger partial charge in [-0.3, -0.25) is 24.0 Å². The first-order valence-electron chi connectivity index (χ1n) is 10.8. The van der Waals surface area contributed by atoms with Gasteiger partial charge in [0.1, 0.15) is 18.1 Å². The number of nitrogens with one attached hydrogen (secondary N) is 2. The molecule has 11 heteroatoms. The van der Waals surface area contributed by atoms with Gasteiger partial charge in [-0.25, -0.2) is 0 Å². The Morgan fingerprint density at radius 1 is 1.15 bits per heavy atom. The summed E-state index contributed by atoms with van der Waals surface area (Å²) in [6.07, 6.45) is 1.15. The van der Waals surface area contributed by atoms with E-state index in [9.17, 15) is 24.0 Å². The van der Waals surface area contributed by atoms with Crippen LogP contribution in [-0.4, -0.2) is 70.3 Å². The number of carboxylic acids is 1. The summed E-state index contributed by atoms with van der Waals surface area (Å²) in [5.74, 6) is -3.40. The lowest BCUT2D eigenvalue weighted by molar-refractivity contribution is -0.142. The summed E-state index contributed by atoms with van der Waals surface area (Å²) in [6.45, 7) is 1.65. The molecule has 1 aromatic carbocycles. The largest absolute Gasteiger partial charge is 0.480 e. The highest BCUT2D eigenvalue weighted by Crippen LogP contribution is 2.19. The van der Waals surface area contributed by atoms with E-state index in [2.05, 4.69) is 10.6 Å². The summed E-state index contributed by atoms with van der Waals surface area (Å²) in [5.41, 5.74) is 11.8. The van der Waals surface area contributed by atoms with Crippen LogP contribution in [-0.2, 0) is 30.4 Å². The van der Waals surface area contributed by atoms with Crippen molar-refractivity contribution in [1.29, 1.82) is 0 Å². The molecule has 1 fully saturated rings. The molecule has 2 rings (SSSR count). The molecule has 1 aliphatic heterocycles. The van der Waals surface area contributed by atoms with Crippen LogP contribution in [0.25, 0.3) is 0 Å². The minimum atomic E-state index is -1.20. The first-order valence-corrected chi connectivity index (χ1v) is 10.8. The number of hydrogen-bond donors (Lipinski definition) is 5. The molecule has 4 amide bonds. The van der Waals surface area contributed by atoms with E-state index in [0.717, 1.165) is 5.56 Å². The van der Waals surface area contributed by atoms with Crippen LogP contribution in [0.15, 0.2) is 30.3 Å². The third-order valence-corrected chi connectivity index (χ3v) is 5.50. The second kappa shape index (κ2) is 12.0. The molecule has 0 aromatic heterocycles. The van der Waals surface area contributed by atoms with Crippen LogP contribution in [0.1, 0.15) is 38.2 Å². The van der Waals surface area contributed by atoms with E-state index in [-0.39, 0.29) is 19.3 Å². The van der Waals surface area contributed by atoms with Crippen LogP contribution in [0.2, 0.25) is 0 Å². The molecule has 180 valence electrons. The molecule has 0 spiro atoms. The van der Waals surface area contributed by atoms with Gasteiger partial charge in [-0.1, -0.05) is 30.3 Å². The predicted octanol–water partition coefficient (Wildman–Crippen LogP) is -1.11. The maximum atomic E-state index is 13.1. The number of rotatable bonds is 11. The van der Waals surface area contributed by atoms with Crippen LogP contribution in [0, 0.1) is 0 Å². The maximum Gasteiger partial charge on any atom is 0.325 e. The highest BCUT2D eigenvalue weighted by molar-refractivity contribution is 5.94. The smallest absolute Gasteiger partial charge is 0.325 e. The predicted molar refractivity (Wildman–Crippen MR) is 118 cm³/mol.